The summed E-state index contributed by atoms with van der Waals surface area (Å²) in [6.45, 7) is 2.74. The lowest BCUT2D eigenvalue weighted by Gasteiger charge is -2.12. The zero-order valence-corrected chi connectivity index (χ0v) is 17.8. The van der Waals surface area contributed by atoms with Crippen LogP contribution >= 0.6 is 0 Å². The van der Waals surface area contributed by atoms with E-state index in [1.54, 1.807) is 18.2 Å². The smallest absolute Gasteiger partial charge is 0.271 e. The van der Waals surface area contributed by atoms with Crippen molar-refractivity contribution >= 4 is 21.4 Å². The first kappa shape index (κ1) is 23.1. The summed E-state index contributed by atoms with van der Waals surface area (Å²) in [5.41, 5.74) is 0.131. The van der Waals surface area contributed by atoms with E-state index in [2.05, 4.69) is 12.2 Å². The first-order valence-corrected chi connectivity index (χ1v) is 11.1. The minimum atomic E-state index is -3.72. The number of nitrogens with zero attached hydrogens (tertiary/aromatic N) is 1. The number of carbonyl (C=O) groups is 1. The standard InChI is InChI=1S/C20H24N2O7S/c1-4-5-8-29-18-7-6-14(9-19(18)28-2)13-21-20(23)15-10-16(22(24)25)12-17(11-15)30(3,26)27/h6-7,9-12H,4-5,8,13H2,1-3H3,(H,21,23). The van der Waals surface area contributed by atoms with Crippen LogP contribution < -0.4 is 14.8 Å². The molecule has 0 saturated carbocycles. The van der Waals surface area contributed by atoms with Gasteiger partial charge in [0, 0.05) is 30.5 Å². The number of hydrogen-bond acceptors (Lipinski definition) is 7. The third-order valence-electron chi connectivity index (χ3n) is 4.23. The van der Waals surface area contributed by atoms with Gasteiger partial charge >= 0.3 is 0 Å². The van der Waals surface area contributed by atoms with Gasteiger partial charge in [0.05, 0.1) is 23.5 Å². The van der Waals surface area contributed by atoms with Crippen molar-refractivity contribution in [1.82, 2.24) is 5.32 Å². The first-order chi connectivity index (χ1) is 14.2. The summed E-state index contributed by atoms with van der Waals surface area (Å²) in [7, 11) is -2.21. The zero-order valence-electron chi connectivity index (χ0n) is 17.0. The molecule has 0 fully saturated rings. The van der Waals surface area contributed by atoms with Crippen LogP contribution in [-0.4, -0.2) is 39.2 Å². The molecule has 0 spiro atoms. The van der Waals surface area contributed by atoms with Gasteiger partial charge in [-0.05, 0) is 30.2 Å². The van der Waals surface area contributed by atoms with Crippen molar-refractivity contribution in [2.24, 2.45) is 0 Å². The van der Waals surface area contributed by atoms with Crippen molar-refractivity contribution < 1.29 is 27.6 Å². The fourth-order valence-corrected chi connectivity index (χ4v) is 3.26. The summed E-state index contributed by atoms with van der Waals surface area (Å²) in [6.07, 6.45) is 2.84. The Balaban J connectivity index is 2.17. The van der Waals surface area contributed by atoms with E-state index in [0.717, 1.165) is 42.9 Å². The maximum atomic E-state index is 12.5. The number of amides is 1. The molecule has 0 radical (unpaired) electrons. The number of nitro benzene ring substituents is 1. The molecule has 2 aromatic rings. The molecular weight excluding hydrogens is 412 g/mol. The Labute approximate surface area is 175 Å². The second-order valence-corrected chi connectivity index (χ2v) is 8.63. The second-order valence-electron chi connectivity index (χ2n) is 6.61. The molecule has 0 heterocycles. The number of non-ortho nitro benzene ring substituents is 1. The van der Waals surface area contributed by atoms with Crippen molar-refractivity contribution in [1.29, 1.82) is 0 Å². The van der Waals surface area contributed by atoms with Gasteiger partial charge in [-0.1, -0.05) is 19.4 Å². The van der Waals surface area contributed by atoms with Crippen LogP contribution in [0.1, 0.15) is 35.7 Å². The predicted octanol–water partition coefficient (Wildman–Crippen LogP) is 3.12. The number of nitro groups is 1. The van der Waals surface area contributed by atoms with Crippen LogP contribution in [0.3, 0.4) is 0 Å². The van der Waals surface area contributed by atoms with Crippen molar-refractivity contribution in [3.8, 4) is 11.5 Å². The van der Waals surface area contributed by atoms with Crippen LogP contribution in [0.5, 0.6) is 11.5 Å². The third kappa shape index (κ3) is 6.18. The summed E-state index contributed by atoms with van der Waals surface area (Å²) in [6, 6.07) is 8.30. The van der Waals surface area contributed by atoms with Gasteiger partial charge in [0.2, 0.25) is 0 Å². The highest BCUT2D eigenvalue weighted by Crippen LogP contribution is 2.28. The molecule has 2 rings (SSSR count). The van der Waals surface area contributed by atoms with Gasteiger partial charge in [-0.25, -0.2) is 8.42 Å². The van der Waals surface area contributed by atoms with E-state index >= 15 is 0 Å². The van der Waals surface area contributed by atoms with E-state index < -0.39 is 26.4 Å². The summed E-state index contributed by atoms with van der Waals surface area (Å²) in [4.78, 5) is 22.5. The molecule has 0 atom stereocenters. The lowest BCUT2D eigenvalue weighted by atomic mass is 10.1. The fourth-order valence-electron chi connectivity index (χ4n) is 2.59. The van der Waals surface area contributed by atoms with E-state index in [4.69, 9.17) is 9.47 Å². The van der Waals surface area contributed by atoms with Crippen LogP contribution in [0.25, 0.3) is 0 Å². The molecule has 0 aliphatic rings. The van der Waals surface area contributed by atoms with Gasteiger partial charge in [0.1, 0.15) is 0 Å². The predicted molar refractivity (Wildman–Crippen MR) is 111 cm³/mol. The van der Waals surface area contributed by atoms with Crippen molar-refractivity contribution in [3.05, 3.63) is 57.6 Å². The molecule has 1 amide bonds. The summed E-state index contributed by atoms with van der Waals surface area (Å²) in [5.74, 6) is 0.482. The maximum absolute atomic E-state index is 12.5. The highest BCUT2D eigenvalue weighted by molar-refractivity contribution is 7.90. The summed E-state index contributed by atoms with van der Waals surface area (Å²) in [5, 5.41) is 13.7. The Kier molecular flexibility index (Phi) is 7.76. The van der Waals surface area contributed by atoms with Crippen molar-refractivity contribution in [2.45, 2.75) is 31.2 Å². The van der Waals surface area contributed by atoms with Crippen molar-refractivity contribution in [2.75, 3.05) is 20.0 Å². The Hall–Kier alpha value is -3.14. The zero-order chi connectivity index (χ0) is 22.3. The van der Waals surface area contributed by atoms with Gasteiger partial charge in [-0.3, -0.25) is 14.9 Å². The Morgan fingerprint density at radius 1 is 1.17 bits per heavy atom. The van der Waals surface area contributed by atoms with Crippen LogP contribution in [0.15, 0.2) is 41.3 Å². The second kappa shape index (κ2) is 10.1. The topological polar surface area (TPSA) is 125 Å². The van der Waals surface area contributed by atoms with Crippen molar-refractivity contribution in [3.63, 3.8) is 0 Å². The largest absolute Gasteiger partial charge is 0.493 e. The van der Waals surface area contributed by atoms with E-state index in [1.165, 1.54) is 7.11 Å². The Morgan fingerprint density at radius 2 is 1.90 bits per heavy atom. The highest BCUT2D eigenvalue weighted by Gasteiger charge is 2.19. The molecule has 1 N–H and O–H groups in total. The number of hydrogen-bond donors (Lipinski definition) is 1. The van der Waals surface area contributed by atoms with Crippen LogP contribution in [-0.2, 0) is 16.4 Å². The molecular formula is C20H24N2O7S. The van der Waals surface area contributed by atoms with Crippen LogP contribution in [0, 0.1) is 10.1 Å². The van der Waals surface area contributed by atoms with Gasteiger partial charge < -0.3 is 14.8 Å². The summed E-state index contributed by atoms with van der Waals surface area (Å²) >= 11 is 0. The third-order valence-corrected chi connectivity index (χ3v) is 5.32. The average Bonchev–Trinajstić information content (AvgIpc) is 2.71. The number of ether oxygens (including phenoxy) is 2. The number of methoxy groups -OCH3 is 1. The first-order valence-electron chi connectivity index (χ1n) is 9.23. The van der Waals surface area contributed by atoms with E-state index in [-0.39, 0.29) is 17.0 Å². The Bertz CT molecular complexity index is 1040. The maximum Gasteiger partial charge on any atom is 0.271 e. The molecule has 10 heteroatoms. The van der Waals surface area contributed by atoms with E-state index in [9.17, 15) is 23.3 Å². The molecule has 0 bridgehead atoms. The van der Waals surface area contributed by atoms with Gasteiger partial charge in [0.15, 0.2) is 21.3 Å². The lowest BCUT2D eigenvalue weighted by Crippen LogP contribution is -2.23. The van der Waals surface area contributed by atoms with Gasteiger partial charge in [0.25, 0.3) is 11.6 Å². The van der Waals surface area contributed by atoms with Gasteiger partial charge in [-0.2, -0.15) is 0 Å². The minimum Gasteiger partial charge on any atom is -0.493 e. The quantitative estimate of drug-likeness (QED) is 0.345. The Morgan fingerprint density at radius 3 is 2.50 bits per heavy atom. The van der Waals surface area contributed by atoms with Gasteiger partial charge in [-0.15, -0.1) is 0 Å². The van der Waals surface area contributed by atoms with Crippen LogP contribution in [0.2, 0.25) is 0 Å². The number of unbranched alkanes of at least 4 members (excludes halogenated alkanes) is 1. The molecule has 0 unspecified atom stereocenters. The normalized spacial score (nSPS) is 11.0. The number of benzene rings is 2. The monoisotopic (exact) mass is 436 g/mol. The summed E-state index contributed by atoms with van der Waals surface area (Å²) < 4.78 is 34.5. The number of nitrogens with one attached hydrogen (secondary N) is 1. The molecule has 162 valence electrons. The molecule has 0 aromatic heterocycles. The molecule has 30 heavy (non-hydrogen) atoms. The minimum absolute atomic E-state index is 0.112. The average molecular weight is 436 g/mol. The highest BCUT2D eigenvalue weighted by atomic mass is 32.2. The molecule has 0 saturated heterocycles. The number of sulfone groups is 1. The number of rotatable bonds is 10. The number of carbonyl (C=O) groups excluding carboxylic acids is 1. The SMILES string of the molecule is CCCCOc1ccc(CNC(=O)c2cc([N+](=O)[O-])cc(S(C)(=O)=O)c2)cc1OC. The molecule has 2 aromatic carbocycles. The fraction of sp³-hybridized carbons (Fsp3) is 0.350. The molecule has 0 aliphatic heterocycles. The molecule has 0 aliphatic carbocycles. The lowest BCUT2D eigenvalue weighted by molar-refractivity contribution is -0.385. The van der Waals surface area contributed by atoms with Crippen LogP contribution in [0.4, 0.5) is 5.69 Å². The molecule has 9 nitrogen and oxygen atoms in total. The van der Waals surface area contributed by atoms with E-state index in [0.29, 0.717) is 18.1 Å². The van der Waals surface area contributed by atoms with E-state index in [1.807, 2.05) is 0 Å².